The fourth-order valence-electron chi connectivity index (χ4n) is 3.63. The van der Waals surface area contributed by atoms with Crippen molar-refractivity contribution in [3.05, 3.63) is 70.0 Å². The van der Waals surface area contributed by atoms with Gasteiger partial charge in [0.15, 0.2) is 16.8 Å². The SMILES string of the molecule is CCCCCCCCn1c(COc2ccc(Br)cc2)nnc1SCC(=O)c1ccc(CC)cc1. The maximum Gasteiger partial charge on any atom is 0.191 e. The lowest BCUT2D eigenvalue weighted by Crippen LogP contribution is -2.10. The second-order valence-electron chi connectivity index (χ2n) is 8.32. The van der Waals surface area contributed by atoms with Crippen molar-refractivity contribution in [1.82, 2.24) is 14.8 Å². The highest BCUT2D eigenvalue weighted by Gasteiger charge is 2.16. The number of carbonyl (C=O) groups excluding carboxylic acids is 1. The standard InChI is InChI=1S/C27H34BrN3O2S/c1-3-5-6-7-8-9-18-31-26(19-33-24-16-14-23(28)15-17-24)29-30-27(31)34-20-25(32)22-12-10-21(4-2)11-13-22/h10-17H,3-9,18-20H2,1-2H3. The molecule has 3 aromatic rings. The first-order chi connectivity index (χ1) is 16.6. The number of aromatic nitrogens is 3. The molecule has 0 bridgehead atoms. The average Bonchev–Trinajstić information content (AvgIpc) is 3.25. The lowest BCUT2D eigenvalue weighted by molar-refractivity contribution is 0.102. The van der Waals surface area contributed by atoms with Gasteiger partial charge in [0.2, 0.25) is 0 Å². The van der Waals surface area contributed by atoms with Gasteiger partial charge in [-0.2, -0.15) is 0 Å². The van der Waals surface area contributed by atoms with E-state index in [0.717, 1.165) is 46.2 Å². The van der Waals surface area contributed by atoms with Crippen molar-refractivity contribution < 1.29 is 9.53 Å². The van der Waals surface area contributed by atoms with Crippen LogP contribution in [0.3, 0.4) is 0 Å². The van der Waals surface area contributed by atoms with Gasteiger partial charge in [-0.05, 0) is 42.7 Å². The number of nitrogens with zero attached hydrogens (tertiary/aromatic N) is 3. The summed E-state index contributed by atoms with van der Waals surface area (Å²) in [6.07, 6.45) is 8.28. The molecule has 0 amide bonds. The number of rotatable bonds is 15. The number of aryl methyl sites for hydroxylation is 1. The van der Waals surface area contributed by atoms with Crippen molar-refractivity contribution >= 4 is 33.5 Å². The van der Waals surface area contributed by atoms with Crippen LogP contribution in [0, 0.1) is 0 Å². The fourth-order valence-corrected chi connectivity index (χ4v) is 4.77. The Labute approximate surface area is 215 Å². The molecule has 0 atom stereocenters. The van der Waals surface area contributed by atoms with E-state index >= 15 is 0 Å². The van der Waals surface area contributed by atoms with Crippen LogP contribution in [0.15, 0.2) is 58.2 Å². The summed E-state index contributed by atoms with van der Waals surface area (Å²) in [5, 5.41) is 9.58. The minimum atomic E-state index is 0.106. The number of halogens is 1. The van der Waals surface area contributed by atoms with Crippen molar-refractivity contribution in [2.45, 2.75) is 77.1 Å². The zero-order chi connectivity index (χ0) is 24.2. The van der Waals surface area contributed by atoms with Crippen molar-refractivity contribution in [3.63, 3.8) is 0 Å². The van der Waals surface area contributed by atoms with Crippen molar-refractivity contribution in [2.24, 2.45) is 0 Å². The summed E-state index contributed by atoms with van der Waals surface area (Å²) in [4.78, 5) is 12.7. The number of unbranched alkanes of at least 4 members (excludes halogenated alkanes) is 5. The molecule has 0 radical (unpaired) electrons. The summed E-state index contributed by atoms with van der Waals surface area (Å²) >= 11 is 4.90. The quantitative estimate of drug-likeness (QED) is 0.113. The molecular formula is C27H34BrN3O2S. The van der Waals surface area contributed by atoms with E-state index in [0.29, 0.717) is 12.4 Å². The molecule has 0 fully saturated rings. The molecule has 0 aliphatic carbocycles. The second kappa shape index (κ2) is 14.3. The molecule has 1 heterocycles. The van der Waals surface area contributed by atoms with Crippen LogP contribution in [0.2, 0.25) is 0 Å². The lowest BCUT2D eigenvalue weighted by Gasteiger charge is -2.11. The Hall–Kier alpha value is -2.12. The Bertz CT molecular complexity index is 1020. The first kappa shape index (κ1) is 26.5. The average molecular weight is 545 g/mol. The molecule has 34 heavy (non-hydrogen) atoms. The molecule has 2 aromatic carbocycles. The predicted molar refractivity (Wildman–Crippen MR) is 143 cm³/mol. The van der Waals surface area contributed by atoms with Gasteiger partial charge < -0.3 is 9.30 Å². The number of hydrogen-bond acceptors (Lipinski definition) is 5. The monoisotopic (exact) mass is 543 g/mol. The van der Waals surface area contributed by atoms with Gasteiger partial charge in [-0.3, -0.25) is 4.79 Å². The highest BCUT2D eigenvalue weighted by atomic mass is 79.9. The van der Waals surface area contributed by atoms with E-state index in [1.54, 1.807) is 0 Å². The summed E-state index contributed by atoms with van der Waals surface area (Å²) in [6.45, 7) is 5.52. The van der Waals surface area contributed by atoms with E-state index in [-0.39, 0.29) is 5.78 Å². The molecule has 3 rings (SSSR count). The third-order valence-electron chi connectivity index (χ3n) is 5.73. The Morgan fingerprint density at radius 2 is 1.65 bits per heavy atom. The minimum absolute atomic E-state index is 0.106. The van der Waals surface area contributed by atoms with Gasteiger partial charge in [-0.15, -0.1) is 10.2 Å². The number of Topliss-reactive ketones (excluding diaryl/α,β-unsaturated/α-hetero) is 1. The normalized spacial score (nSPS) is 11.0. The summed E-state index contributed by atoms with van der Waals surface area (Å²) in [6, 6.07) is 15.6. The van der Waals surface area contributed by atoms with Crippen LogP contribution in [0.1, 0.15) is 74.1 Å². The Kier molecular flexibility index (Phi) is 11.2. The number of benzene rings is 2. The van der Waals surface area contributed by atoms with Crippen LogP contribution >= 0.6 is 27.7 Å². The van der Waals surface area contributed by atoms with Gasteiger partial charge in [0.25, 0.3) is 0 Å². The van der Waals surface area contributed by atoms with E-state index in [2.05, 4.69) is 44.5 Å². The molecule has 7 heteroatoms. The van der Waals surface area contributed by atoms with Crippen LogP contribution in [-0.2, 0) is 19.6 Å². The molecule has 0 saturated carbocycles. The highest BCUT2D eigenvalue weighted by Crippen LogP contribution is 2.22. The number of carbonyl (C=O) groups is 1. The zero-order valence-corrected chi connectivity index (χ0v) is 22.5. The molecule has 182 valence electrons. The van der Waals surface area contributed by atoms with Gasteiger partial charge in [-0.25, -0.2) is 0 Å². The third-order valence-corrected chi connectivity index (χ3v) is 7.22. The minimum Gasteiger partial charge on any atom is -0.486 e. The summed E-state index contributed by atoms with van der Waals surface area (Å²) in [7, 11) is 0. The van der Waals surface area contributed by atoms with Crippen LogP contribution in [-0.4, -0.2) is 26.3 Å². The molecule has 0 unspecified atom stereocenters. The molecule has 0 aliphatic heterocycles. The first-order valence-electron chi connectivity index (χ1n) is 12.2. The van der Waals surface area contributed by atoms with E-state index in [4.69, 9.17) is 4.74 Å². The Morgan fingerprint density at radius 1 is 0.941 bits per heavy atom. The van der Waals surface area contributed by atoms with Crippen molar-refractivity contribution in [2.75, 3.05) is 5.75 Å². The van der Waals surface area contributed by atoms with E-state index in [1.165, 1.54) is 49.4 Å². The maximum absolute atomic E-state index is 12.7. The number of thioether (sulfide) groups is 1. The molecule has 5 nitrogen and oxygen atoms in total. The van der Waals surface area contributed by atoms with Crippen LogP contribution < -0.4 is 4.74 Å². The Morgan fingerprint density at radius 3 is 2.35 bits per heavy atom. The van der Waals surface area contributed by atoms with Crippen LogP contribution in [0.5, 0.6) is 5.75 Å². The Balaban J connectivity index is 1.63. The number of ketones is 1. The van der Waals surface area contributed by atoms with E-state index in [1.807, 2.05) is 48.5 Å². The van der Waals surface area contributed by atoms with Gasteiger partial charge in [0.05, 0.1) is 5.75 Å². The second-order valence-corrected chi connectivity index (χ2v) is 10.2. The van der Waals surface area contributed by atoms with Crippen LogP contribution in [0.25, 0.3) is 0 Å². The summed E-state index contributed by atoms with van der Waals surface area (Å²) < 4.78 is 9.09. The summed E-state index contributed by atoms with van der Waals surface area (Å²) in [5.74, 6) is 2.03. The largest absolute Gasteiger partial charge is 0.486 e. The van der Waals surface area contributed by atoms with E-state index in [9.17, 15) is 4.79 Å². The summed E-state index contributed by atoms with van der Waals surface area (Å²) in [5.41, 5.74) is 1.98. The van der Waals surface area contributed by atoms with Crippen LogP contribution in [0.4, 0.5) is 0 Å². The molecule has 0 saturated heterocycles. The molecule has 0 N–H and O–H groups in total. The van der Waals surface area contributed by atoms with Crippen molar-refractivity contribution in [1.29, 1.82) is 0 Å². The van der Waals surface area contributed by atoms with E-state index < -0.39 is 0 Å². The van der Waals surface area contributed by atoms with Gasteiger partial charge in [-0.1, -0.05) is 97.9 Å². The lowest BCUT2D eigenvalue weighted by atomic mass is 10.1. The number of hydrogen-bond donors (Lipinski definition) is 0. The molecule has 0 spiro atoms. The first-order valence-corrected chi connectivity index (χ1v) is 13.9. The highest BCUT2D eigenvalue weighted by molar-refractivity contribution is 9.10. The molecule has 0 aliphatic rings. The smallest absolute Gasteiger partial charge is 0.191 e. The predicted octanol–water partition coefficient (Wildman–Crippen LogP) is 7.52. The fraction of sp³-hybridized carbons (Fsp3) is 0.444. The number of ether oxygens (including phenoxy) is 1. The molecular weight excluding hydrogens is 510 g/mol. The zero-order valence-electron chi connectivity index (χ0n) is 20.1. The third kappa shape index (κ3) is 8.27. The maximum atomic E-state index is 12.7. The van der Waals surface area contributed by atoms with Gasteiger partial charge >= 0.3 is 0 Å². The van der Waals surface area contributed by atoms with Gasteiger partial charge in [0, 0.05) is 16.6 Å². The molecule has 1 aromatic heterocycles. The van der Waals surface area contributed by atoms with Crippen molar-refractivity contribution in [3.8, 4) is 5.75 Å². The topological polar surface area (TPSA) is 57.0 Å². The van der Waals surface area contributed by atoms with Gasteiger partial charge in [0.1, 0.15) is 12.4 Å².